The molecule has 0 aromatic heterocycles. The van der Waals surface area contributed by atoms with Gasteiger partial charge in [-0.3, -0.25) is 4.99 Å². The molecule has 2 unspecified atom stereocenters. The van der Waals surface area contributed by atoms with Gasteiger partial charge in [-0.2, -0.15) is 5.26 Å². The molecule has 0 saturated carbocycles. The van der Waals surface area contributed by atoms with E-state index in [9.17, 15) is 0 Å². The second-order valence-electron chi connectivity index (χ2n) is 1.54. The predicted molar refractivity (Wildman–Crippen MR) is 29.0 cm³/mol. The Morgan fingerprint density at radius 3 is 2.88 bits per heavy atom. The van der Waals surface area contributed by atoms with Crippen LogP contribution in [0.1, 0.15) is 0 Å². The molecule has 0 spiro atoms. The van der Waals surface area contributed by atoms with Gasteiger partial charge < -0.3 is 11.1 Å². The Kier molecular flexibility index (Phi) is 1.14. The van der Waals surface area contributed by atoms with Crippen molar-refractivity contribution >= 4 is 6.34 Å². The fourth-order valence-electron chi connectivity index (χ4n) is 0.508. The molecule has 4 heteroatoms. The van der Waals surface area contributed by atoms with Crippen molar-refractivity contribution in [2.24, 2.45) is 10.7 Å². The first-order valence-electron chi connectivity index (χ1n) is 2.27. The first kappa shape index (κ1) is 5.06. The van der Waals surface area contributed by atoms with Gasteiger partial charge in [-0.15, -0.1) is 0 Å². The Morgan fingerprint density at radius 1 is 1.88 bits per heavy atom. The Hall–Kier alpha value is -1.08. The van der Waals surface area contributed by atoms with Crippen LogP contribution in [-0.4, -0.2) is 18.5 Å². The summed E-state index contributed by atoms with van der Waals surface area (Å²) in [6.45, 7) is 0. The zero-order valence-corrected chi connectivity index (χ0v) is 4.20. The molecule has 0 radical (unpaired) electrons. The molecule has 0 aromatic rings. The number of nitrogens with zero attached hydrogens (tertiary/aromatic N) is 2. The van der Waals surface area contributed by atoms with Crippen LogP contribution in [-0.2, 0) is 0 Å². The van der Waals surface area contributed by atoms with E-state index in [1.165, 1.54) is 6.34 Å². The van der Waals surface area contributed by atoms with Crippen LogP contribution < -0.4 is 11.1 Å². The maximum atomic E-state index is 8.26. The third kappa shape index (κ3) is 0.634. The quantitative estimate of drug-likeness (QED) is 0.411. The monoisotopic (exact) mass is 110 g/mol. The van der Waals surface area contributed by atoms with Gasteiger partial charge in [-0.25, -0.2) is 0 Å². The minimum atomic E-state index is -0.375. The van der Waals surface area contributed by atoms with Gasteiger partial charge in [-0.1, -0.05) is 0 Å². The van der Waals surface area contributed by atoms with Crippen molar-refractivity contribution in [2.45, 2.75) is 12.2 Å². The summed E-state index contributed by atoms with van der Waals surface area (Å²) in [5.41, 5.74) is 5.31. The summed E-state index contributed by atoms with van der Waals surface area (Å²) in [7, 11) is 0. The van der Waals surface area contributed by atoms with Crippen LogP contribution in [0.2, 0.25) is 0 Å². The summed E-state index contributed by atoms with van der Waals surface area (Å²) < 4.78 is 0. The highest BCUT2D eigenvalue weighted by Crippen LogP contribution is 1.93. The molecule has 3 N–H and O–H groups in total. The Labute approximate surface area is 47.0 Å². The van der Waals surface area contributed by atoms with Crippen molar-refractivity contribution in [3.05, 3.63) is 0 Å². The predicted octanol–water partition coefficient (Wildman–Crippen LogP) is -1.21. The maximum Gasteiger partial charge on any atom is 0.150 e. The molecule has 1 heterocycles. The first-order chi connectivity index (χ1) is 3.84. The van der Waals surface area contributed by atoms with Gasteiger partial charge in [0.05, 0.1) is 12.4 Å². The molecular formula is C4H6N4. The van der Waals surface area contributed by atoms with E-state index in [0.717, 1.165) is 0 Å². The Morgan fingerprint density at radius 2 is 2.62 bits per heavy atom. The van der Waals surface area contributed by atoms with Gasteiger partial charge in [0.15, 0.2) is 6.04 Å². The lowest BCUT2D eigenvalue weighted by atomic mass is 10.3. The molecule has 1 rings (SSSR count). The van der Waals surface area contributed by atoms with E-state index in [2.05, 4.69) is 10.3 Å². The molecule has 0 aliphatic carbocycles. The van der Waals surface area contributed by atoms with Crippen LogP contribution in [0.15, 0.2) is 4.99 Å². The molecular weight excluding hydrogens is 104 g/mol. The van der Waals surface area contributed by atoms with Crippen molar-refractivity contribution in [3.63, 3.8) is 0 Å². The van der Waals surface area contributed by atoms with E-state index in [4.69, 9.17) is 11.0 Å². The van der Waals surface area contributed by atoms with Gasteiger partial charge in [0, 0.05) is 0 Å². The Balaban J connectivity index is 2.54. The van der Waals surface area contributed by atoms with Gasteiger partial charge in [-0.05, 0) is 0 Å². The zero-order chi connectivity index (χ0) is 5.98. The molecule has 8 heavy (non-hydrogen) atoms. The molecule has 2 atom stereocenters. The Bertz CT molecular complexity index is 145. The lowest BCUT2D eigenvalue weighted by Gasteiger charge is -2.01. The number of hydrogen-bond donors (Lipinski definition) is 2. The number of nitrogens with one attached hydrogen (secondary N) is 1. The van der Waals surface area contributed by atoms with E-state index in [1.54, 1.807) is 0 Å². The molecule has 0 aromatic carbocycles. The summed E-state index contributed by atoms with van der Waals surface area (Å²) in [6, 6.07) is 1.63. The van der Waals surface area contributed by atoms with Crippen molar-refractivity contribution in [1.29, 1.82) is 5.26 Å². The lowest BCUT2D eigenvalue weighted by molar-refractivity contribution is 0.638. The van der Waals surface area contributed by atoms with Crippen molar-refractivity contribution in [3.8, 4) is 6.07 Å². The van der Waals surface area contributed by atoms with Gasteiger partial charge in [0.2, 0.25) is 0 Å². The highest BCUT2D eigenvalue weighted by atomic mass is 15.1. The minimum absolute atomic E-state index is 0.324. The smallest absolute Gasteiger partial charge is 0.150 e. The van der Waals surface area contributed by atoms with Gasteiger partial charge in [0.1, 0.15) is 6.17 Å². The first-order valence-corrected chi connectivity index (χ1v) is 2.27. The number of nitriles is 1. The largest absolute Gasteiger partial charge is 0.358 e. The molecule has 0 amide bonds. The van der Waals surface area contributed by atoms with Crippen LogP contribution in [0, 0.1) is 11.3 Å². The molecule has 0 fully saturated rings. The van der Waals surface area contributed by atoms with E-state index in [-0.39, 0.29) is 12.2 Å². The minimum Gasteiger partial charge on any atom is -0.358 e. The summed E-state index contributed by atoms with van der Waals surface area (Å²) in [5.74, 6) is 0. The van der Waals surface area contributed by atoms with Gasteiger partial charge in [0.25, 0.3) is 0 Å². The fraction of sp³-hybridized carbons (Fsp3) is 0.500. The number of hydrogen-bond acceptors (Lipinski definition) is 4. The van der Waals surface area contributed by atoms with Crippen molar-refractivity contribution in [2.75, 3.05) is 0 Å². The van der Waals surface area contributed by atoms with Crippen LogP contribution >= 0.6 is 0 Å². The molecule has 4 nitrogen and oxygen atoms in total. The van der Waals surface area contributed by atoms with E-state index >= 15 is 0 Å². The highest BCUT2D eigenvalue weighted by molar-refractivity contribution is 5.59. The third-order valence-electron chi connectivity index (χ3n) is 0.981. The molecule has 42 valence electrons. The lowest BCUT2D eigenvalue weighted by Crippen LogP contribution is -2.35. The zero-order valence-electron chi connectivity index (χ0n) is 4.20. The van der Waals surface area contributed by atoms with E-state index < -0.39 is 0 Å². The van der Waals surface area contributed by atoms with E-state index in [1.807, 2.05) is 6.07 Å². The summed E-state index contributed by atoms with van der Waals surface area (Å²) in [4.78, 5) is 3.71. The fourth-order valence-corrected chi connectivity index (χ4v) is 0.508. The van der Waals surface area contributed by atoms with Crippen molar-refractivity contribution < 1.29 is 0 Å². The molecule has 0 saturated heterocycles. The number of nitrogens with two attached hydrogens (primary N) is 1. The average Bonchev–Trinajstić information content (AvgIpc) is 2.14. The summed E-state index contributed by atoms with van der Waals surface area (Å²) in [6.07, 6.45) is 1.08. The van der Waals surface area contributed by atoms with Crippen LogP contribution in [0.4, 0.5) is 0 Å². The third-order valence-corrected chi connectivity index (χ3v) is 0.981. The second kappa shape index (κ2) is 1.80. The topological polar surface area (TPSA) is 74.2 Å². The van der Waals surface area contributed by atoms with Crippen molar-refractivity contribution in [1.82, 2.24) is 5.32 Å². The molecule has 0 bridgehead atoms. The highest BCUT2D eigenvalue weighted by Gasteiger charge is 2.17. The average molecular weight is 110 g/mol. The molecule has 1 aliphatic heterocycles. The summed E-state index contributed by atoms with van der Waals surface area (Å²) >= 11 is 0. The number of rotatable bonds is 0. The van der Waals surface area contributed by atoms with Crippen LogP contribution in [0.25, 0.3) is 0 Å². The summed E-state index contributed by atoms with van der Waals surface area (Å²) in [5, 5.41) is 10.9. The SMILES string of the molecule is N#CC1NC=NC1N. The standard InChI is InChI=1S/C4H6N4/c5-1-3-4(6)8-2-7-3/h2-4H,6H2,(H,7,8). The van der Waals surface area contributed by atoms with E-state index in [0.29, 0.717) is 0 Å². The normalized spacial score (nSPS) is 34.0. The van der Waals surface area contributed by atoms with Gasteiger partial charge >= 0.3 is 0 Å². The second-order valence-corrected chi connectivity index (χ2v) is 1.54. The number of aliphatic imine (C=N–C) groups is 1. The molecule has 1 aliphatic rings. The van der Waals surface area contributed by atoms with Crippen LogP contribution in [0.5, 0.6) is 0 Å². The van der Waals surface area contributed by atoms with Crippen LogP contribution in [0.3, 0.4) is 0 Å². The maximum absolute atomic E-state index is 8.26.